The van der Waals surface area contributed by atoms with Gasteiger partial charge in [-0.25, -0.2) is 4.79 Å². The van der Waals surface area contributed by atoms with Crippen molar-refractivity contribution in [3.8, 4) is 0 Å². The van der Waals surface area contributed by atoms with Crippen LogP contribution < -0.4 is 16.6 Å². The summed E-state index contributed by atoms with van der Waals surface area (Å²) in [6.45, 7) is 0. The van der Waals surface area contributed by atoms with Gasteiger partial charge >= 0.3 is 5.69 Å². The number of hydrogen-bond acceptors (Lipinski definition) is 5. The number of non-ortho nitro benzene ring substituents is 1. The van der Waals surface area contributed by atoms with E-state index in [4.69, 9.17) is 0 Å². The zero-order valence-electron chi connectivity index (χ0n) is 9.88. The summed E-state index contributed by atoms with van der Waals surface area (Å²) >= 11 is 0. The number of nitrogens with zero attached hydrogens (tertiary/aromatic N) is 1. The zero-order valence-corrected chi connectivity index (χ0v) is 9.88. The molecule has 0 bridgehead atoms. The van der Waals surface area contributed by atoms with Gasteiger partial charge < -0.3 is 5.32 Å². The molecule has 0 fully saturated rings. The van der Waals surface area contributed by atoms with Gasteiger partial charge in [-0.2, -0.15) is 0 Å². The Kier molecular flexibility index (Phi) is 3.42. The van der Waals surface area contributed by atoms with Gasteiger partial charge in [0.15, 0.2) is 0 Å². The van der Waals surface area contributed by atoms with E-state index in [1.807, 2.05) is 4.98 Å². The van der Waals surface area contributed by atoms with Crippen molar-refractivity contribution >= 4 is 17.4 Å². The molecule has 20 heavy (non-hydrogen) atoms. The highest BCUT2D eigenvalue weighted by Crippen LogP contribution is 2.12. The molecule has 0 aliphatic heterocycles. The first-order valence-electron chi connectivity index (χ1n) is 5.35. The molecule has 0 spiro atoms. The number of nitrogens with one attached hydrogen (secondary N) is 3. The fourth-order valence-electron chi connectivity index (χ4n) is 1.47. The molecule has 0 unspecified atom stereocenters. The molecule has 9 heteroatoms. The highest BCUT2D eigenvalue weighted by atomic mass is 16.6. The fraction of sp³-hybridized carbons (Fsp3) is 0. The van der Waals surface area contributed by atoms with Crippen molar-refractivity contribution in [1.29, 1.82) is 0 Å². The summed E-state index contributed by atoms with van der Waals surface area (Å²) in [5, 5.41) is 12.8. The first-order chi connectivity index (χ1) is 9.45. The van der Waals surface area contributed by atoms with E-state index < -0.39 is 22.1 Å². The summed E-state index contributed by atoms with van der Waals surface area (Å²) in [6, 6.07) is 5.88. The predicted molar refractivity (Wildman–Crippen MR) is 68.7 cm³/mol. The van der Waals surface area contributed by atoms with Crippen molar-refractivity contribution in [2.24, 2.45) is 0 Å². The third-order valence-corrected chi connectivity index (χ3v) is 2.35. The molecule has 0 radical (unpaired) electrons. The van der Waals surface area contributed by atoms with E-state index in [9.17, 15) is 24.5 Å². The Labute approximate surface area is 110 Å². The van der Waals surface area contributed by atoms with Gasteiger partial charge in [-0.05, 0) is 12.1 Å². The second kappa shape index (κ2) is 5.18. The predicted octanol–water partition coefficient (Wildman–Crippen LogP) is 0.224. The number of rotatable bonds is 3. The number of aromatic amines is 2. The smallest absolute Gasteiger partial charge is 0.308 e. The van der Waals surface area contributed by atoms with Crippen LogP contribution in [0.3, 0.4) is 0 Å². The Balaban J connectivity index is 2.21. The van der Waals surface area contributed by atoms with E-state index in [0.717, 1.165) is 6.07 Å². The van der Waals surface area contributed by atoms with Gasteiger partial charge in [-0.15, -0.1) is 0 Å². The molecule has 0 saturated heterocycles. The summed E-state index contributed by atoms with van der Waals surface area (Å²) < 4.78 is 0. The summed E-state index contributed by atoms with van der Waals surface area (Å²) in [7, 11) is 0. The zero-order chi connectivity index (χ0) is 14.7. The van der Waals surface area contributed by atoms with Crippen molar-refractivity contribution in [2.75, 3.05) is 5.32 Å². The van der Waals surface area contributed by atoms with Gasteiger partial charge in [0, 0.05) is 23.8 Å². The Bertz CT molecular complexity index is 746. The second-order valence-electron chi connectivity index (χ2n) is 3.76. The van der Waals surface area contributed by atoms with Crippen molar-refractivity contribution in [3.05, 3.63) is 66.8 Å². The maximum Gasteiger partial charge on any atom is 0.327 e. The van der Waals surface area contributed by atoms with Crippen LogP contribution in [0.15, 0.2) is 39.9 Å². The maximum absolute atomic E-state index is 11.8. The minimum Gasteiger partial charge on any atom is -0.308 e. The van der Waals surface area contributed by atoms with Crippen LogP contribution >= 0.6 is 0 Å². The number of amides is 1. The standard InChI is InChI=1S/C11H8N4O5/c16-9-5-8(13-11(18)14-9)12-10(17)6-1-3-7(4-2-6)15(19)20/h1-5H,(H3,12,13,14,16,17,18). The molecule has 1 aromatic heterocycles. The number of carbonyl (C=O) groups excluding carboxylic acids is 1. The van der Waals surface area contributed by atoms with Crippen LogP contribution in [0, 0.1) is 10.1 Å². The number of carbonyl (C=O) groups is 1. The lowest BCUT2D eigenvalue weighted by Gasteiger charge is -2.03. The van der Waals surface area contributed by atoms with Gasteiger partial charge in [-0.1, -0.05) is 0 Å². The van der Waals surface area contributed by atoms with Crippen molar-refractivity contribution in [3.63, 3.8) is 0 Å². The molecule has 102 valence electrons. The minimum atomic E-state index is -0.753. The number of nitro groups is 1. The molecule has 0 aliphatic rings. The normalized spacial score (nSPS) is 10.0. The minimum absolute atomic E-state index is 0.0675. The van der Waals surface area contributed by atoms with Gasteiger partial charge in [0.2, 0.25) is 0 Å². The van der Waals surface area contributed by atoms with Gasteiger partial charge in [0.1, 0.15) is 5.82 Å². The second-order valence-corrected chi connectivity index (χ2v) is 3.76. The van der Waals surface area contributed by atoms with Crippen LogP contribution in [0.1, 0.15) is 10.4 Å². The first-order valence-corrected chi connectivity index (χ1v) is 5.35. The molecule has 1 aromatic carbocycles. The number of H-pyrrole nitrogens is 2. The topological polar surface area (TPSA) is 138 Å². The lowest BCUT2D eigenvalue weighted by atomic mass is 10.2. The summed E-state index contributed by atoms with van der Waals surface area (Å²) in [6.07, 6.45) is 0. The van der Waals surface area contributed by atoms with Crippen LogP contribution in [0.5, 0.6) is 0 Å². The molecule has 3 N–H and O–H groups in total. The number of benzene rings is 1. The van der Waals surface area contributed by atoms with Crippen LogP contribution in [0.2, 0.25) is 0 Å². The SMILES string of the molecule is O=C(Nc1cc(=O)[nH]c(=O)[nH]1)c1ccc([N+](=O)[O-])cc1. The van der Waals surface area contributed by atoms with Crippen LogP contribution in [-0.4, -0.2) is 20.8 Å². The average Bonchev–Trinajstić information content (AvgIpc) is 2.37. The monoisotopic (exact) mass is 276 g/mol. The van der Waals surface area contributed by atoms with E-state index in [1.165, 1.54) is 24.3 Å². The van der Waals surface area contributed by atoms with Crippen LogP contribution in [0.4, 0.5) is 11.5 Å². The molecular formula is C11H8N4O5. The van der Waals surface area contributed by atoms with E-state index >= 15 is 0 Å². The highest BCUT2D eigenvalue weighted by molar-refractivity contribution is 6.03. The van der Waals surface area contributed by atoms with Gasteiger partial charge in [0.25, 0.3) is 17.2 Å². The third kappa shape index (κ3) is 2.96. The largest absolute Gasteiger partial charge is 0.327 e. The maximum atomic E-state index is 11.8. The number of anilines is 1. The average molecular weight is 276 g/mol. The van der Waals surface area contributed by atoms with E-state index in [-0.39, 0.29) is 17.1 Å². The lowest BCUT2D eigenvalue weighted by molar-refractivity contribution is -0.384. The number of aromatic nitrogens is 2. The van der Waals surface area contributed by atoms with Crippen LogP contribution in [-0.2, 0) is 0 Å². The molecule has 2 rings (SSSR count). The molecule has 0 aliphatic carbocycles. The lowest BCUT2D eigenvalue weighted by Crippen LogP contribution is -2.24. The van der Waals surface area contributed by atoms with Crippen molar-refractivity contribution < 1.29 is 9.72 Å². The molecule has 0 atom stereocenters. The summed E-state index contributed by atoms with van der Waals surface area (Å²) in [5.74, 6) is -0.678. The summed E-state index contributed by atoms with van der Waals surface area (Å²) in [4.78, 5) is 47.9. The molecule has 2 aromatic rings. The van der Waals surface area contributed by atoms with Crippen molar-refractivity contribution in [2.45, 2.75) is 0 Å². The molecule has 9 nitrogen and oxygen atoms in total. The van der Waals surface area contributed by atoms with Crippen molar-refractivity contribution in [1.82, 2.24) is 9.97 Å². The fourth-order valence-corrected chi connectivity index (χ4v) is 1.47. The van der Waals surface area contributed by atoms with Gasteiger partial charge in [-0.3, -0.25) is 29.7 Å². The summed E-state index contributed by atoms with van der Waals surface area (Å²) in [5.41, 5.74) is -1.41. The number of hydrogen-bond donors (Lipinski definition) is 3. The molecule has 0 saturated carbocycles. The highest BCUT2D eigenvalue weighted by Gasteiger charge is 2.10. The third-order valence-electron chi connectivity index (χ3n) is 2.35. The van der Waals surface area contributed by atoms with Crippen LogP contribution in [0.25, 0.3) is 0 Å². The first kappa shape index (κ1) is 13.2. The molecular weight excluding hydrogens is 268 g/mol. The van der Waals surface area contributed by atoms with E-state index in [2.05, 4.69) is 10.3 Å². The number of nitro benzene ring substituents is 1. The van der Waals surface area contributed by atoms with E-state index in [1.54, 1.807) is 0 Å². The molecule has 1 heterocycles. The Morgan fingerprint density at radius 2 is 1.80 bits per heavy atom. The Morgan fingerprint density at radius 3 is 2.35 bits per heavy atom. The quantitative estimate of drug-likeness (QED) is 0.543. The molecule has 1 amide bonds. The van der Waals surface area contributed by atoms with Gasteiger partial charge in [0.05, 0.1) is 4.92 Å². The Morgan fingerprint density at radius 1 is 1.15 bits per heavy atom. The van der Waals surface area contributed by atoms with E-state index in [0.29, 0.717) is 0 Å². The Hall–Kier alpha value is -3.23.